The van der Waals surface area contributed by atoms with Gasteiger partial charge in [0.1, 0.15) is 12.4 Å². The molecule has 0 unspecified atom stereocenters. The molecular formula is C20H22N2O5. The molecule has 142 valence electrons. The molecule has 0 saturated heterocycles. The molecule has 0 aromatic heterocycles. The van der Waals surface area contributed by atoms with Crippen molar-refractivity contribution in [1.29, 1.82) is 0 Å². The Hall–Kier alpha value is -3.19. The lowest BCUT2D eigenvalue weighted by Crippen LogP contribution is -2.44. The molecule has 0 fully saturated rings. The normalized spacial score (nSPS) is 11.5. The molecule has 0 aliphatic heterocycles. The van der Waals surface area contributed by atoms with E-state index in [1.165, 1.54) is 12.1 Å². The van der Waals surface area contributed by atoms with Crippen molar-refractivity contribution >= 4 is 17.8 Å². The first-order chi connectivity index (χ1) is 12.9. The fourth-order valence-electron chi connectivity index (χ4n) is 2.42. The number of ketones is 1. The number of phenols is 1. The molecule has 7 heteroatoms. The van der Waals surface area contributed by atoms with E-state index in [0.29, 0.717) is 5.56 Å². The zero-order chi connectivity index (χ0) is 19.8. The Morgan fingerprint density at radius 1 is 1.11 bits per heavy atom. The highest BCUT2D eigenvalue weighted by atomic mass is 16.5. The number of rotatable bonds is 7. The zero-order valence-corrected chi connectivity index (χ0v) is 15.0. The number of hydrogen-bond acceptors (Lipinski definition) is 6. The Kier molecular flexibility index (Phi) is 7.08. The maximum Gasteiger partial charge on any atom is 0.414 e. The first-order valence-electron chi connectivity index (χ1n) is 8.53. The summed E-state index contributed by atoms with van der Waals surface area (Å²) in [4.78, 5) is 35.6. The van der Waals surface area contributed by atoms with Crippen LogP contribution in [0.15, 0.2) is 48.5 Å². The Morgan fingerprint density at radius 2 is 1.81 bits per heavy atom. The van der Waals surface area contributed by atoms with Gasteiger partial charge < -0.3 is 15.6 Å². The average molecular weight is 370 g/mol. The number of Topliss-reactive ketones (excluding diaryl/α,β-unsaturated/α-hetero) is 1. The summed E-state index contributed by atoms with van der Waals surface area (Å²) in [6.45, 7) is 1.73. The van der Waals surface area contributed by atoms with Crippen LogP contribution in [-0.2, 0) is 22.6 Å². The van der Waals surface area contributed by atoms with Crippen molar-refractivity contribution in [2.75, 3.05) is 0 Å². The molecule has 2 aromatic rings. The molecule has 0 bridgehead atoms. The predicted molar refractivity (Wildman–Crippen MR) is 99.2 cm³/mol. The Balaban J connectivity index is 1.89. The topological polar surface area (TPSA) is 119 Å². The summed E-state index contributed by atoms with van der Waals surface area (Å²) in [6.07, 6.45) is -0.536. The van der Waals surface area contributed by atoms with E-state index < -0.39 is 18.0 Å². The van der Waals surface area contributed by atoms with E-state index in [0.717, 1.165) is 5.56 Å². The number of hydrogen-bond donors (Lipinski definition) is 3. The minimum Gasteiger partial charge on any atom is -0.507 e. The third-order valence-corrected chi connectivity index (χ3v) is 3.91. The zero-order valence-electron chi connectivity index (χ0n) is 15.0. The number of imide groups is 1. The fraction of sp³-hybridized carbons (Fsp3) is 0.250. The van der Waals surface area contributed by atoms with E-state index in [4.69, 9.17) is 10.5 Å². The molecule has 0 aliphatic carbocycles. The van der Waals surface area contributed by atoms with Crippen molar-refractivity contribution in [2.24, 2.45) is 5.73 Å². The molecule has 0 radical (unpaired) electrons. The largest absolute Gasteiger partial charge is 0.507 e. The molecular weight excluding hydrogens is 348 g/mol. The molecule has 0 heterocycles. The van der Waals surface area contributed by atoms with Crippen LogP contribution >= 0.6 is 0 Å². The van der Waals surface area contributed by atoms with Crippen molar-refractivity contribution in [2.45, 2.75) is 32.4 Å². The van der Waals surface area contributed by atoms with Crippen LogP contribution in [0.3, 0.4) is 0 Å². The van der Waals surface area contributed by atoms with Crippen molar-refractivity contribution in [3.63, 3.8) is 0 Å². The number of ether oxygens (including phenoxy) is 1. The van der Waals surface area contributed by atoms with E-state index in [1.807, 2.05) is 18.2 Å². The van der Waals surface area contributed by atoms with Crippen LogP contribution in [0.5, 0.6) is 5.75 Å². The van der Waals surface area contributed by atoms with Gasteiger partial charge in [0.05, 0.1) is 11.6 Å². The van der Waals surface area contributed by atoms with Crippen LogP contribution in [0, 0.1) is 0 Å². The molecule has 0 spiro atoms. The third-order valence-electron chi connectivity index (χ3n) is 3.91. The minimum absolute atomic E-state index is 0.0373. The number of carbonyl (C=O) groups excluding carboxylic acids is 3. The molecule has 2 amide bonds. The maximum atomic E-state index is 12.1. The number of phenolic OH excluding ortho intramolecular Hbond substituents is 1. The average Bonchev–Trinajstić information content (AvgIpc) is 2.68. The lowest BCUT2D eigenvalue weighted by molar-refractivity contribution is -0.121. The number of amides is 2. The smallest absolute Gasteiger partial charge is 0.414 e. The molecule has 4 N–H and O–H groups in total. The number of nitrogens with one attached hydrogen (secondary N) is 1. The lowest BCUT2D eigenvalue weighted by Gasteiger charge is -2.13. The van der Waals surface area contributed by atoms with E-state index in [1.54, 1.807) is 25.1 Å². The number of alkyl carbamates (subject to hydrolysis) is 1. The highest BCUT2D eigenvalue weighted by Crippen LogP contribution is 2.20. The predicted octanol–water partition coefficient (Wildman–Crippen LogP) is 2.31. The van der Waals surface area contributed by atoms with Gasteiger partial charge in [-0.05, 0) is 29.7 Å². The van der Waals surface area contributed by atoms with Crippen molar-refractivity contribution in [3.05, 3.63) is 65.2 Å². The molecule has 0 aliphatic rings. The molecule has 1 atom stereocenters. The maximum absolute atomic E-state index is 12.1. The van der Waals surface area contributed by atoms with Gasteiger partial charge in [-0.25, -0.2) is 4.79 Å². The van der Waals surface area contributed by atoms with Gasteiger partial charge in [0, 0.05) is 6.42 Å². The van der Waals surface area contributed by atoms with Gasteiger partial charge in [0.2, 0.25) is 5.91 Å². The number of benzene rings is 2. The van der Waals surface area contributed by atoms with E-state index in [-0.39, 0.29) is 36.5 Å². The summed E-state index contributed by atoms with van der Waals surface area (Å²) in [5.41, 5.74) is 7.41. The van der Waals surface area contributed by atoms with Crippen LogP contribution in [0.1, 0.15) is 34.8 Å². The van der Waals surface area contributed by atoms with Crippen molar-refractivity contribution < 1.29 is 24.2 Å². The highest BCUT2D eigenvalue weighted by molar-refractivity contribution is 5.98. The van der Waals surface area contributed by atoms with Crippen LogP contribution < -0.4 is 11.1 Å². The second-order valence-corrected chi connectivity index (χ2v) is 5.99. The molecule has 2 aromatic carbocycles. The number of nitrogens with two attached hydrogens (primary N) is 1. The number of carbonyl (C=O) groups is 3. The SMILES string of the molecule is CCC(=O)c1cc(C[C@H](N)C(=O)NC(=O)OCc2ccccc2)ccc1O. The lowest BCUT2D eigenvalue weighted by atomic mass is 10.00. The van der Waals surface area contributed by atoms with Gasteiger partial charge in [-0.15, -0.1) is 0 Å². The monoisotopic (exact) mass is 370 g/mol. The first kappa shape index (κ1) is 20.1. The summed E-state index contributed by atoms with van der Waals surface area (Å²) >= 11 is 0. The van der Waals surface area contributed by atoms with Gasteiger partial charge in [-0.1, -0.05) is 43.3 Å². The Labute approximate surface area is 157 Å². The second kappa shape index (κ2) is 9.49. The standard InChI is InChI=1S/C20H22N2O5/c1-2-17(23)15-10-14(8-9-18(15)24)11-16(21)19(25)22-20(26)27-12-13-6-4-3-5-7-13/h3-10,16,24H,2,11-12,21H2,1H3,(H,22,25,26)/t16-/m0/s1. The van der Waals surface area contributed by atoms with Crippen LogP contribution in [-0.4, -0.2) is 28.9 Å². The van der Waals surface area contributed by atoms with Gasteiger partial charge in [-0.3, -0.25) is 14.9 Å². The van der Waals surface area contributed by atoms with Crippen molar-refractivity contribution in [1.82, 2.24) is 5.32 Å². The Bertz CT molecular complexity index is 820. The van der Waals surface area contributed by atoms with Gasteiger partial charge in [-0.2, -0.15) is 0 Å². The molecule has 2 rings (SSSR count). The highest BCUT2D eigenvalue weighted by Gasteiger charge is 2.19. The van der Waals surface area contributed by atoms with E-state index in [9.17, 15) is 19.5 Å². The third kappa shape index (κ3) is 5.93. The Morgan fingerprint density at radius 3 is 2.48 bits per heavy atom. The summed E-state index contributed by atoms with van der Waals surface area (Å²) in [7, 11) is 0. The second-order valence-electron chi connectivity index (χ2n) is 5.99. The van der Waals surface area contributed by atoms with E-state index in [2.05, 4.69) is 5.32 Å². The summed E-state index contributed by atoms with van der Waals surface area (Å²) in [5, 5.41) is 11.8. The fourth-order valence-corrected chi connectivity index (χ4v) is 2.42. The summed E-state index contributed by atoms with van der Waals surface area (Å²) in [6, 6.07) is 12.5. The molecule has 0 saturated carbocycles. The molecule has 27 heavy (non-hydrogen) atoms. The van der Waals surface area contributed by atoms with Crippen LogP contribution in [0.4, 0.5) is 4.79 Å². The molecule has 7 nitrogen and oxygen atoms in total. The van der Waals surface area contributed by atoms with Crippen LogP contribution in [0.2, 0.25) is 0 Å². The number of aromatic hydroxyl groups is 1. The van der Waals surface area contributed by atoms with Crippen molar-refractivity contribution in [3.8, 4) is 5.75 Å². The van der Waals surface area contributed by atoms with Gasteiger partial charge in [0.15, 0.2) is 5.78 Å². The summed E-state index contributed by atoms with van der Waals surface area (Å²) < 4.78 is 4.98. The van der Waals surface area contributed by atoms with E-state index >= 15 is 0 Å². The van der Waals surface area contributed by atoms with Gasteiger partial charge in [0.25, 0.3) is 0 Å². The minimum atomic E-state index is -1.01. The first-order valence-corrected chi connectivity index (χ1v) is 8.53. The summed E-state index contributed by atoms with van der Waals surface area (Å²) in [5.74, 6) is -1.02. The van der Waals surface area contributed by atoms with Crippen LogP contribution in [0.25, 0.3) is 0 Å². The van der Waals surface area contributed by atoms with Gasteiger partial charge >= 0.3 is 6.09 Å². The quantitative estimate of drug-likeness (QED) is 0.644.